The van der Waals surface area contributed by atoms with E-state index in [0.717, 1.165) is 18.4 Å². The zero-order valence-electron chi connectivity index (χ0n) is 9.07. The Morgan fingerprint density at radius 1 is 1.33 bits per heavy atom. The molecule has 1 unspecified atom stereocenters. The van der Waals surface area contributed by atoms with Crippen LogP contribution in [0.15, 0.2) is 30.3 Å². The van der Waals surface area contributed by atoms with E-state index in [1.807, 2.05) is 30.3 Å². The summed E-state index contributed by atoms with van der Waals surface area (Å²) in [6.07, 6.45) is 2.50. The fraction of sp³-hybridized carbons (Fsp3) is 0.417. The molecule has 3 nitrogen and oxygen atoms in total. The molecule has 0 saturated carbocycles. The Hall–Kier alpha value is -1.35. The Morgan fingerprint density at radius 2 is 1.93 bits per heavy atom. The van der Waals surface area contributed by atoms with Crippen LogP contribution in [-0.4, -0.2) is 5.91 Å². The van der Waals surface area contributed by atoms with Gasteiger partial charge in [0.25, 0.3) is 0 Å². The molecule has 0 saturated heterocycles. The Labute approximate surface area is 90.5 Å². The number of hydrogen-bond donors (Lipinski definition) is 2. The van der Waals surface area contributed by atoms with Crippen LogP contribution in [-0.2, 0) is 10.3 Å². The van der Waals surface area contributed by atoms with E-state index in [0.29, 0.717) is 6.42 Å². The van der Waals surface area contributed by atoms with Gasteiger partial charge >= 0.3 is 0 Å². The summed E-state index contributed by atoms with van der Waals surface area (Å²) in [5.74, 6) is -0.456. The van der Waals surface area contributed by atoms with Gasteiger partial charge in [-0.25, -0.2) is 0 Å². The van der Waals surface area contributed by atoms with Gasteiger partial charge in [0.05, 0.1) is 0 Å². The maximum absolute atomic E-state index is 11.4. The summed E-state index contributed by atoms with van der Waals surface area (Å²) in [5.41, 5.74) is 11.2. The number of benzene rings is 1. The highest BCUT2D eigenvalue weighted by Gasteiger charge is 2.32. The van der Waals surface area contributed by atoms with Crippen LogP contribution in [0, 0.1) is 0 Å². The van der Waals surface area contributed by atoms with Gasteiger partial charge in [-0.1, -0.05) is 50.1 Å². The number of nitrogens with two attached hydrogens (primary N) is 2. The molecule has 1 amide bonds. The average molecular weight is 206 g/mol. The standard InChI is InChI=1S/C12H18N2O/c1-2-3-9-12(14,11(13)15)10-7-5-4-6-8-10/h4-8H,2-3,9,14H2,1H3,(H2,13,15). The third-order valence-electron chi connectivity index (χ3n) is 2.65. The smallest absolute Gasteiger partial charge is 0.242 e. The first-order chi connectivity index (χ1) is 7.11. The zero-order chi connectivity index (χ0) is 11.3. The lowest BCUT2D eigenvalue weighted by atomic mass is 9.85. The van der Waals surface area contributed by atoms with Crippen molar-refractivity contribution in [3.8, 4) is 0 Å². The van der Waals surface area contributed by atoms with Gasteiger partial charge in [-0.2, -0.15) is 0 Å². The van der Waals surface area contributed by atoms with Crippen LogP contribution in [0.1, 0.15) is 31.7 Å². The zero-order valence-corrected chi connectivity index (χ0v) is 9.07. The summed E-state index contributed by atoms with van der Waals surface area (Å²) >= 11 is 0. The molecule has 0 heterocycles. The number of hydrogen-bond acceptors (Lipinski definition) is 2. The number of amides is 1. The van der Waals surface area contributed by atoms with Crippen molar-refractivity contribution in [1.29, 1.82) is 0 Å². The van der Waals surface area contributed by atoms with Crippen LogP contribution in [0.3, 0.4) is 0 Å². The quantitative estimate of drug-likeness (QED) is 0.766. The van der Waals surface area contributed by atoms with Crippen molar-refractivity contribution in [2.24, 2.45) is 11.5 Å². The lowest BCUT2D eigenvalue weighted by Crippen LogP contribution is -2.49. The Kier molecular flexibility index (Phi) is 3.86. The molecule has 3 heteroatoms. The monoisotopic (exact) mass is 206 g/mol. The fourth-order valence-electron chi connectivity index (χ4n) is 1.60. The number of unbranched alkanes of at least 4 members (excludes halogenated alkanes) is 1. The molecule has 0 bridgehead atoms. The normalized spacial score (nSPS) is 14.5. The summed E-state index contributed by atoms with van der Waals surface area (Å²) in [4.78, 5) is 11.4. The molecule has 4 N–H and O–H groups in total. The van der Waals surface area contributed by atoms with Gasteiger partial charge in [-0.05, 0) is 12.0 Å². The minimum atomic E-state index is -1.02. The van der Waals surface area contributed by atoms with Gasteiger partial charge in [-0.15, -0.1) is 0 Å². The molecular weight excluding hydrogens is 188 g/mol. The Morgan fingerprint density at radius 3 is 2.40 bits per heavy atom. The highest BCUT2D eigenvalue weighted by Crippen LogP contribution is 2.23. The first-order valence-corrected chi connectivity index (χ1v) is 5.25. The first kappa shape index (κ1) is 11.7. The molecular formula is C12H18N2O. The predicted octanol–water partition coefficient (Wildman–Crippen LogP) is 1.52. The topological polar surface area (TPSA) is 69.1 Å². The van der Waals surface area contributed by atoms with Gasteiger partial charge in [0, 0.05) is 0 Å². The van der Waals surface area contributed by atoms with E-state index in [2.05, 4.69) is 6.92 Å². The van der Waals surface area contributed by atoms with Crippen molar-refractivity contribution in [3.05, 3.63) is 35.9 Å². The van der Waals surface area contributed by atoms with Crippen LogP contribution in [0.25, 0.3) is 0 Å². The molecule has 1 aromatic rings. The second-order valence-corrected chi connectivity index (χ2v) is 3.81. The van der Waals surface area contributed by atoms with Gasteiger partial charge in [0.1, 0.15) is 5.54 Å². The average Bonchev–Trinajstić information content (AvgIpc) is 2.27. The van der Waals surface area contributed by atoms with E-state index in [1.54, 1.807) is 0 Å². The maximum atomic E-state index is 11.4. The van der Waals surface area contributed by atoms with Crippen LogP contribution in [0.5, 0.6) is 0 Å². The van der Waals surface area contributed by atoms with Gasteiger partial charge in [0.15, 0.2) is 0 Å². The highest BCUT2D eigenvalue weighted by molar-refractivity contribution is 5.85. The number of rotatable bonds is 5. The minimum Gasteiger partial charge on any atom is -0.368 e. The Balaban J connectivity index is 2.96. The SMILES string of the molecule is CCCCC(N)(C(N)=O)c1ccccc1. The minimum absolute atomic E-state index is 0.456. The molecule has 0 fully saturated rings. The van der Waals surface area contributed by atoms with Crippen LogP contribution in [0.4, 0.5) is 0 Å². The number of carbonyl (C=O) groups excluding carboxylic acids is 1. The number of carbonyl (C=O) groups is 1. The summed E-state index contributed by atoms with van der Waals surface area (Å²) in [6, 6.07) is 9.32. The van der Waals surface area contributed by atoms with E-state index in [-0.39, 0.29) is 0 Å². The van der Waals surface area contributed by atoms with Crippen molar-refractivity contribution in [2.45, 2.75) is 31.7 Å². The lowest BCUT2D eigenvalue weighted by Gasteiger charge is -2.26. The molecule has 82 valence electrons. The van der Waals surface area contributed by atoms with Crippen LogP contribution < -0.4 is 11.5 Å². The third kappa shape index (κ3) is 2.57. The maximum Gasteiger partial charge on any atom is 0.242 e. The molecule has 0 spiro atoms. The van der Waals surface area contributed by atoms with E-state index in [9.17, 15) is 4.79 Å². The van der Waals surface area contributed by atoms with E-state index in [1.165, 1.54) is 0 Å². The summed E-state index contributed by atoms with van der Waals surface area (Å²) < 4.78 is 0. The van der Waals surface area contributed by atoms with E-state index >= 15 is 0 Å². The van der Waals surface area contributed by atoms with E-state index < -0.39 is 11.4 Å². The van der Waals surface area contributed by atoms with Gasteiger partial charge in [-0.3, -0.25) is 4.79 Å². The molecule has 0 aliphatic rings. The van der Waals surface area contributed by atoms with Crippen molar-refractivity contribution in [2.75, 3.05) is 0 Å². The summed E-state index contributed by atoms with van der Waals surface area (Å²) in [6.45, 7) is 2.06. The highest BCUT2D eigenvalue weighted by atomic mass is 16.1. The van der Waals surface area contributed by atoms with Gasteiger partial charge < -0.3 is 11.5 Å². The summed E-state index contributed by atoms with van der Waals surface area (Å²) in [7, 11) is 0. The van der Waals surface area contributed by atoms with Crippen molar-refractivity contribution < 1.29 is 4.79 Å². The van der Waals surface area contributed by atoms with Crippen LogP contribution in [0.2, 0.25) is 0 Å². The van der Waals surface area contributed by atoms with Crippen LogP contribution >= 0.6 is 0 Å². The number of primary amides is 1. The molecule has 0 radical (unpaired) electrons. The second-order valence-electron chi connectivity index (χ2n) is 3.81. The largest absolute Gasteiger partial charge is 0.368 e. The molecule has 0 aliphatic heterocycles. The summed E-state index contributed by atoms with van der Waals surface area (Å²) in [5, 5.41) is 0. The molecule has 1 rings (SSSR count). The lowest BCUT2D eigenvalue weighted by molar-refractivity contribution is -0.123. The van der Waals surface area contributed by atoms with Gasteiger partial charge in [0.2, 0.25) is 5.91 Å². The second kappa shape index (κ2) is 4.94. The fourth-order valence-corrected chi connectivity index (χ4v) is 1.60. The van der Waals surface area contributed by atoms with E-state index in [4.69, 9.17) is 11.5 Å². The van der Waals surface area contributed by atoms with Crippen molar-refractivity contribution in [3.63, 3.8) is 0 Å². The van der Waals surface area contributed by atoms with Crippen molar-refractivity contribution in [1.82, 2.24) is 0 Å². The predicted molar refractivity (Wildman–Crippen MR) is 61.0 cm³/mol. The van der Waals surface area contributed by atoms with Crippen molar-refractivity contribution >= 4 is 5.91 Å². The Bertz CT molecular complexity index is 324. The molecule has 1 atom stereocenters. The molecule has 0 aliphatic carbocycles. The molecule has 15 heavy (non-hydrogen) atoms. The molecule has 0 aromatic heterocycles. The first-order valence-electron chi connectivity index (χ1n) is 5.25. The third-order valence-corrected chi connectivity index (χ3v) is 2.65. The molecule has 1 aromatic carbocycles.